The van der Waals surface area contributed by atoms with Crippen molar-refractivity contribution in [2.45, 2.75) is 13.3 Å². The minimum atomic E-state index is -2.17. The van der Waals surface area contributed by atoms with Crippen LogP contribution < -0.4 is 10.2 Å². The fraction of sp³-hybridized carbons (Fsp3) is 0.231. The van der Waals surface area contributed by atoms with Crippen molar-refractivity contribution in [3.63, 3.8) is 0 Å². The van der Waals surface area contributed by atoms with E-state index in [0.717, 1.165) is 6.07 Å². The van der Waals surface area contributed by atoms with Gasteiger partial charge in [-0.25, -0.2) is 13.2 Å². The Balaban J connectivity index is 2.66. The van der Waals surface area contributed by atoms with Crippen LogP contribution in [0.4, 0.5) is 13.2 Å². The minimum absolute atomic E-state index is 0.0216. The zero-order valence-corrected chi connectivity index (χ0v) is 10.7. The lowest BCUT2D eigenvalue weighted by Crippen LogP contribution is -2.33. The lowest BCUT2D eigenvalue weighted by Gasteiger charge is -2.11. The number of halogens is 3. The van der Waals surface area contributed by atoms with Gasteiger partial charge in [0.05, 0.1) is 12.0 Å². The monoisotopic (exact) mass is 284 g/mol. The molecule has 0 heterocycles. The van der Waals surface area contributed by atoms with Gasteiger partial charge in [-0.3, -0.25) is 0 Å². The van der Waals surface area contributed by atoms with Gasteiger partial charge in [0, 0.05) is 5.46 Å². The van der Waals surface area contributed by atoms with Gasteiger partial charge in [-0.15, -0.1) is 0 Å². The third-order valence-corrected chi connectivity index (χ3v) is 2.86. The highest BCUT2D eigenvalue weighted by Gasteiger charge is 2.24. The maximum atomic E-state index is 14.1. The average molecular weight is 284 g/mol. The van der Waals surface area contributed by atoms with Crippen molar-refractivity contribution in [3.05, 3.63) is 35.7 Å². The molecule has 0 unspecified atom stereocenters. The third-order valence-electron chi connectivity index (χ3n) is 2.86. The SMILES string of the molecule is CCCOc1ccc2cc(B(O)O)c(F)c(F)c2c1F. The summed E-state index contributed by atoms with van der Waals surface area (Å²) in [6.45, 7) is 2.08. The molecule has 0 aromatic heterocycles. The van der Waals surface area contributed by atoms with Gasteiger partial charge in [-0.1, -0.05) is 19.1 Å². The van der Waals surface area contributed by atoms with E-state index >= 15 is 0 Å². The predicted octanol–water partition coefficient (Wildman–Crippen LogP) is 1.73. The Morgan fingerprint density at radius 3 is 2.40 bits per heavy atom. The van der Waals surface area contributed by atoms with Gasteiger partial charge in [0.2, 0.25) is 0 Å². The van der Waals surface area contributed by atoms with Crippen LogP contribution in [-0.4, -0.2) is 23.8 Å². The molecule has 3 nitrogen and oxygen atoms in total. The summed E-state index contributed by atoms with van der Waals surface area (Å²) in [7, 11) is -2.17. The van der Waals surface area contributed by atoms with Gasteiger partial charge >= 0.3 is 7.12 Å². The number of ether oxygens (including phenoxy) is 1. The Kier molecular flexibility index (Phi) is 4.20. The van der Waals surface area contributed by atoms with Crippen LogP contribution in [0.1, 0.15) is 13.3 Å². The molecular formula is C13H12BF3O3. The van der Waals surface area contributed by atoms with E-state index in [9.17, 15) is 13.2 Å². The first-order valence-corrected chi connectivity index (χ1v) is 6.06. The number of benzene rings is 2. The van der Waals surface area contributed by atoms with Crippen LogP contribution in [0, 0.1) is 17.5 Å². The quantitative estimate of drug-likeness (QED) is 0.841. The van der Waals surface area contributed by atoms with Crippen molar-refractivity contribution in [3.8, 4) is 5.75 Å². The van der Waals surface area contributed by atoms with Crippen LogP contribution in [0.25, 0.3) is 10.8 Å². The summed E-state index contributed by atoms with van der Waals surface area (Å²) in [6, 6.07) is 3.61. The Labute approximate surface area is 113 Å². The van der Waals surface area contributed by atoms with Crippen molar-refractivity contribution < 1.29 is 28.0 Å². The van der Waals surface area contributed by atoms with Crippen LogP contribution >= 0.6 is 0 Å². The molecule has 2 rings (SSSR count). The zero-order chi connectivity index (χ0) is 14.9. The standard InChI is InChI=1S/C13H12BF3O3/c1-2-5-20-9-4-3-7-6-8(14(18)19)11(15)13(17)10(7)12(9)16/h3-4,6,18-19H,2,5H2,1H3. The van der Waals surface area contributed by atoms with E-state index in [0.29, 0.717) is 6.42 Å². The van der Waals surface area contributed by atoms with Gasteiger partial charge in [0.25, 0.3) is 0 Å². The first kappa shape index (κ1) is 14.7. The Bertz CT molecular complexity index is 647. The average Bonchev–Trinajstić information content (AvgIpc) is 2.41. The van der Waals surface area contributed by atoms with Crippen LogP contribution in [-0.2, 0) is 0 Å². The minimum Gasteiger partial charge on any atom is -0.491 e. The fourth-order valence-electron chi connectivity index (χ4n) is 1.89. The summed E-state index contributed by atoms with van der Waals surface area (Å²) in [5.74, 6) is -4.13. The first-order chi connectivity index (χ1) is 9.47. The van der Waals surface area contributed by atoms with Crippen molar-refractivity contribution in [1.82, 2.24) is 0 Å². The highest BCUT2D eigenvalue weighted by atomic mass is 19.2. The van der Waals surface area contributed by atoms with Crippen molar-refractivity contribution >= 4 is 23.4 Å². The Morgan fingerprint density at radius 2 is 1.80 bits per heavy atom. The molecule has 20 heavy (non-hydrogen) atoms. The lowest BCUT2D eigenvalue weighted by atomic mass is 9.78. The smallest absolute Gasteiger partial charge is 0.491 e. The summed E-state index contributed by atoms with van der Waals surface area (Å²) in [5.41, 5.74) is -0.642. The summed E-state index contributed by atoms with van der Waals surface area (Å²) in [4.78, 5) is 0. The van der Waals surface area contributed by atoms with E-state index in [4.69, 9.17) is 14.8 Å². The molecule has 106 valence electrons. The molecule has 7 heteroatoms. The molecule has 0 aliphatic heterocycles. The lowest BCUT2D eigenvalue weighted by molar-refractivity contribution is 0.302. The molecule has 0 fully saturated rings. The van der Waals surface area contributed by atoms with Gasteiger partial charge in [-0.05, 0) is 17.9 Å². The van der Waals surface area contributed by atoms with Crippen LogP contribution in [0.15, 0.2) is 18.2 Å². The molecule has 2 N–H and O–H groups in total. The van der Waals surface area contributed by atoms with Gasteiger partial charge in [0.1, 0.15) is 0 Å². The molecule has 0 aliphatic rings. The van der Waals surface area contributed by atoms with Gasteiger partial charge in [-0.2, -0.15) is 0 Å². The Hall–Kier alpha value is -1.73. The van der Waals surface area contributed by atoms with Crippen molar-refractivity contribution in [2.75, 3.05) is 6.61 Å². The fourth-order valence-corrected chi connectivity index (χ4v) is 1.89. The highest BCUT2D eigenvalue weighted by molar-refractivity contribution is 6.59. The molecule has 0 spiro atoms. The molecule has 2 aromatic rings. The molecule has 0 saturated carbocycles. The van der Waals surface area contributed by atoms with Crippen LogP contribution in [0.5, 0.6) is 5.75 Å². The Morgan fingerprint density at radius 1 is 1.10 bits per heavy atom. The van der Waals surface area contributed by atoms with Gasteiger partial charge < -0.3 is 14.8 Å². The van der Waals surface area contributed by atoms with E-state index in [2.05, 4.69) is 0 Å². The second-order valence-electron chi connectivity index (χ2n) is 4.29. The largest absolute Gasteiger partial charge is 0.491 e. The molecule has 0 amide bonds. The summed E-state index contributed by atoms with van der Waals surface area (Å²) < 4.78 is 46.7. The first-order valence-electron chi connectivity index (χ1n) is 6.06. The number of hydrogen-bond acceptors (Lipinski definition) is 3. The molecule has 0 saturated heterocycles. The predicted molar refractivity (Wildman–Crippen MR) is 69.4 cm³/mol. The second-order valence-corrected chi connectivity index (χ2v) is 4.29. The summed E-state index contributed by atoms with van der Waals surface area (Å²) in [5, 5.41) is 17.4. The molecular weight excluding hydrogens is 272 g/mol. The molecule has 0 aliphatic carbocycles. The van der Waals surface area contributed by atoms with Crippen molar-refractivity contribution in [1.29, 1.82) is 0 Å². The van der Waals surface area contributed by atoms with E-state index < -0.39 is 35.4 Å². The van der Waals surface area contributed by atoms with E-state index in [1.807, 2.05) is 6.92 Å². The maximum absolute atomic E-state index is 14.1. The maximum Gasteiger partial charge on any atom is 0.491 e. The number of rotatable bonds is 4. The molecule has 0 bridgehead atoms. The molecule has 0 radical (unpaired) electrons. The second kappa shape index (κ2) is 5.72. The van der Waals surface area contributed by atoms with Crippen LogP contribution in [0.2, 0.25) is 0 Å². The topological polar surface area (TPSA) is 49.7 Å². The van der Waals surface area contributed by atoms with Crippen LogP contribution in [0.3, 0.4) is 0 Å². The van der Waals surface area contributed by atoms with E-state index in [1.54, 1.807) is 0 Å². The highest BCUT2D eigenvalue weighted by Crippen LogP contribution is 2.29. The van der Waals surface area contributed by atoms with E-state index in [-0.39, 0.29) is 17.7 Å². The van der Waals surface area contributed by atoms with Crippen molar-refractivity contribution in [2.24, 2.45) is 0 Å². The normalized spacial score (nSPS) is 10.9. The molecule has 2 aromatic carbocycles. The van der Waals surface area contributed by atoms with E-state index in [1.165, 1.54) is 12.1 Å². The zero-order valence-electron chi connectivity index (χ0n) is 10.7. The summed E-state index contributed by atoms with van der Waals surface area (Å²) in [6.07, 6.45) is 0.643. The number of hydrogen-bond donors (Lipinski definition) is 2. The third kappa shape index (κ3) is 2.46. The van der Waals surface area contributed by atoms with Gasteiger partial charge in [0.15, 0.2) is 23.2 Å². The summed E-state index contributed by atoms with van der Waals surface area (Å²) >= 11 is 0. The molecule has 0 atom stereocenters. The number of fused-ring (bicyclic) bond motifs is 1.